The maximum Gasteiger partial charge on any atom is 0.292 e. The summed E-state index contributed by atoms with van der Waals surface area (Å²) < 4.78 is 12.9. The Hall–Kier alpha value is -3.06. The first kappa shape index (κ1) is 17.8. The molecule has 1 aliphatic rings. The first-order valence-electron chi connectivity index (χ1n) is 8.26. The number of halogens is 1. The van der Waals surface area contributed by atoms with E-state index in [0.717, 1.165) is 5.56 Å². The molecule has 7 heteroatoms. The monoisotopic (exact) mass is 356 g/mol. The van der Waals surface area contributed by atoms with Crippen LogP contribution in [-0.4, -0.2) is 23.8 Å². The van der Waals surface area contributed by atoms with Crippen LogP contribution < -0.4 is 15.5 Å². The number of quaternary nitrogens is 1. The third kappa shape index (κ3) is 3.94. The summed E-state index contributed by atoms with van der Waals surface area (Å²) in [5.74, 6) is -1.04. The molecule has 3 amide bonds. The molecule has 1 aliphatic heterocycles. The summed E-state index contributed by atoms with van der Waals surface area (Å²) in [4.78, 5) is 37.1. The second-order valence-corrected chi connectivity index (χ2v) is 6.17. The van der Waals surface area contributed by atoms with Gasteiger partial charge < -0.3 is 10.6 Å². The van der Waals surface area contributed by atoms with Crippen molar-refractivity contribution in [2.24, 2.45) is 0 Å². The molecule has 134 valence electrons. The van der Waals surface area contributed by atoms with Crippen molar-refractivity contribution in [2.75, 3.05) is 10.2 Å². The number of hydrogen-bond donors (Lipinski definition) is 2. The lowest BCUT2D eigenvalue weighted by atomic mass is 10.2. The summed E-state index contributed by atoms with van der Waals surface area (Å²) in [7, 11) is 0. The average molecular weight is 356 g/mol. The van der Waals surface area contributed by atoms with Crippen molar-refractivity contribution in [1.82, 2.24) is 0 Å². The third-order valence-electron chi connectivity index (χ3n) is 4.18. The van der Waals surface area contributed by atoms with Crippen molar-refractivity contribution < 1.29 is 24.1 Å². The van der Waals surface area contributed by atoms with Gasteiger partial charge in [0.15, 0.2) is 6.04 Å². The van der Waals surface area contributed by atoms with E-state index in [1.165, 1.54) is 24.0 Å². The molecule has 0 aliphatic carbocycles. The molecule has 3 rings (SSSR count). The second kappa shape index (κ2) is 7.45. The van der Waals surface area contributed by atoms with E-state index in [4.69, 9.17) is 0 Å². The Kier molecular flexibility index (Phi) is 5.09. The van der Waals surface area contributed by atoms with Crippen molar-refractivity contribution in [3.05, 3.63) is 59.9 Å². The molecule has 0 bridgehead atoms. The number of imide groups is 1. The van der Waals surface area contributed by atoms with Gasteiger partial charge in [-0.3, -0.25) is 14.4 Å². The number of nitrogens with zero attached hydrogens (tertiary/aromatic N) is 1. The number of nitrogens with one attached hydrogen (secondary N) is 1. The van der Waals surface area contributed by atoms with E-state index < -0.39 is 6.04 Å². The van der Waals surface area contributed by atoms with Gasteiger partial charge in [0.05, 0.1) is 12.1 Å². The molecule has 3 N–H and O–H groups in total. The Labute approximate surface area is 150 Å². The molecule has 2 aromatic rings. The van der Waals surface area contributed by atoms with Gasteiger partial charge in [-0.1, -0.05) is 12.1 Å². The molecule has 1 atom stereocenters. The van der Waals surface area contributed by atoms with Crippen LogP contribution in [0.15, 0.2) is 48.5 Å². The van der Waals surface area contributed by atoms with E-state index in [0.29, 0.717) is 17.9 Å². The quantitative estimate of drug-likeness (QED) is 0.789. The molecule has 0 aromatic heterocycles. The SMILES string of the molecule is CC(=O)Nc1ccc(N2C(=O)C[C@H]([NH2+]Cc3ccc(F)cc3)C2=O)cc1. The fourth-order valence-corrected chi connectivity index (χ4v) is 2.91. The average Bonchev–Trinajstić information content (AvgIpc) is 2.89. The molecule has 1 heterocycles. The van der Waals surface area contributed by atoms with Crippen LogP contribution in [0.2, 0.25) is 0 Å². The van der Waals surface area contributed by atoms with Gasteiger partial charge in [0, 0.05) is 18.2 Å². The van der Waals surface area contributed by atoms with Crippen molar-refractivity contribution >= 4 is 29.1 Å². The normalized spacial score (nSPS) is 16.8. The molecule has 0 radical (unpaired) electrons. The van der Waals surface area contributed by atoms with Crippen LogP contribution in [0.1, 0.15) is 18.9 Å². The minimum atomic E-state index is -0.498. The zero-order valence-corrected chi connectivity index (χ0v) is 14.2. The van der Waals surface area contributed by atoms with E-state index in [1.807, 2.05) is 0 Å². The molecular weight excluding hydrogens is 337 g/mol. The number of benzene rings is 2. The predicted molar refractivity (Wildman–Crippen MR) is 93.7 cm³/mol. The van der Waals surface area contributed by atoms with E-state index in [1.54, 1.807) is 41.7 Å². The number of carbonyl (C=O) groups excluding carboxylic acids is 3. The lowest BCUT2D eigenvalue weighted by Gasteiger charge is -2.15. The molecule has 1 fully saturated rings. The van der Waals surface area contributed by atoms with Crippen LogP contribution in [-0.2, 0) is 20.9 Å². The Morgan fingerprint density at radius 2 is 1.81 bits per heavy atom. The zero-order chi connectivity index (χ0) is 18.7. The van der Waals surface area contributed by atoms with Crippen LogP contribution >= 0.6 is 0 Å². The second-order valence-electron chi connectivity index (χ2n) is 6.17. The Balaban J connectivity index is 1.66. The van der Waals surface area contributed by atoms with Gasteiger partial charge in [-0.15, -0.1) is 0 Å². The summed E-state index contributed by atoms with van der Waals surface area (Å²) in [5.41, 5.74) is 1.95. The first-order chi connectivity index (χ1) is 12.4. The lowest BCUT2D eigenvalue weighted by molar-refractivity contribution is -0.690. The molecule has 0 saturated carbocycles. The molecule has 0 spiro atoms. The highest BCUT2D eigenvalue weighted by atomic mass is 19.1. The van der Waals surface area contributed by atoms with Gasteiger partial charge in [-0.05, 0) is 36.4 Å². The van der Waals surface area contributed by atoms with Gasteiger partial charge in [-0.25, -0.2) is 9.29 Å². The summed E-state index contributed by atoms with van der Waals surface area (Å²) in [6, 6.07) is 12.1. The lowest BCUT2D eigenvalue weighted by Crippen LogP contribution is -2.90. The maximum absolute atomic E-state index is 12.9. The molecule has 6 nitrogen and oxygen atoms in total. The van der Waals surface area contributed by atoms with Crippen molar-refractivity contribution in [2.45, 2.75) is 25.9 Å². The number of anilines is 2. The Morgan fingerprint density at radius 1 is 1.15 bits per heavy atom. The first-order valence-corrected chi connectivity index (χ1v) is 8.26. The van der Waals surface area contributed by atoms with Gasteiger partial charge >= 0.3 is 0 Å². The summed E-state index contributed by atoms with van der Waals surface area (Å²) in [5, 5.41) is 4.43. The fourth-order valence-electron chi connectivity index (χ4n) is 2.91. The maximum atomic E-state index is 12.9. The summed E-state index contributed by atoms with van der Waals surface area (Å²) in [6.45, 7) is 1.89. The largest absolute Gasteiger partial charge is 0.332 e. The predicted octanol–water partition coefficient (Wildman–Crippen LogP) is 1.18. The highest BCUT2D eigenvalue weighted by molar-refractivity contribution is 6.21. The molecular formula is C19H19FN3O3+. The third-order valence-corrected chi connectivity index (χ3v) is 4.18. The molecule has 0 unspecified atom stereocenters. The number of nitrogens with two attached hydrogens (primary N) is 1. The van der Waals surface area contributed by atoms with E-state index in [-0.39, 0.29) is 30.0 Å². The smallest absolute Gasteiger partial charge is 0.292 e. The molecule has 26 heavy (non-hydrogen) atoms. The zero-order valence-electron chi connectivity index (χ0n) is 14.2. The highest BCUT2D eigenvalue weighted by Crippen LogP contribution is 2.23. The van der Waals surface area contributed by atoms with Crippen molar-refractivity contribution in [3.8, 4) is 0 Å². The van der Waals surface area contributed by atoms with E-state index in [9.17, 15) is 18.8 Å². The van der Waals surface area contributed by atoms with Gasteiger partial charge in [-0.2, -0.15) is 0 Å². The summed E-state index contributed by atoms with van der Waals surface area (Å²) in [6.07, 6.45) is 0.119. The minimum absolute atomic E-state index is 0.119. The summed E-state index contributed by atoms with van der Waals surface area (Å²) >= 11 is 0. The number of hydrogen-bond acceptors (Lipinski definition) is 3. The topological polar surface area (TPSA) is 83.1 Å². The van der Waals surface area contributed by atoms with Gasteiger partial charge in [0.2, 0.25) is 11.8 Å². The molecule has 1 saturated heterocycles. The number of amides is 3. The number of carbonyl (C=O) groups is 3. The van der Waals surface area contributed by atoms with Crippen LogP contribution in [0.4, 0.5) is 15.8 Å². The molecule has 2 aromatic carbocycles. The van der Waals surface area contributed by atoms with Gasteiger partial charge in [0.1, 0.15) is 12.4 Å². The highest BCUT2D eigenvalue weighted by Gasteiger charge is 2.42. The minimum Gasteiger partial charge on any atom is -0.332 e. The number of rotatable bonds is 5. The van der Waals surface area contributed by atoms with Crippen LogP contribution in [0, 0.1) is 5.82 Å². The van der Waals surface area contributed by atoms with E-state index >= 15 is 0 Å². The van der Waals surface area contributed by atoms with E-state index in [2.05, 4.69) is 5.32 Å². The fraction of sp³-hybridized carbons (Fsp3) is 0.211. The van der Waals surface area contributed by atoms with Gasteiger partial charge in [0.25, 0.3) is 5.91 Å². The van der Waals surface area contributed by atoms with Crippen molar-refractivity contribution in [1.29, 1.82) is 0 Å². The van der Waals surface area contributed by atoms with Crippen LogP contribution in [0.3, 0.4) is 0 Å². The Bertz CT molecular complexity index is 834. The van der Waals surface area contributed by atoms with Crippen LogP contribution in [0.25, 0.3) is 0 Å². The van der Waals surface area contributed by atoms with Crippen molar-refractivity contribution in [3.63, 3.8) is 0 Å². The Morgan fingerprint density at radius 3 is 2.42 bits per heavy atom. The standard InChI is InChI=1S/C19H18FN3O3/c1-12(24)22-15-6-8-16(9-7-15)23-18(25)10-17(19(23)26)21-11-13-2-4-14(20)5-3-13/h2-9,17,21H,10-11H2,1H3,(H,22,24)/p+1/t17-/m0/s1. The van der Waals surface area contributed by atoms with Crippen LogP contribution in [0.5, 0.6) is 0 Å².